The van der Waals surface area contributed by atoms with Gasteiger partial charge >= 0.3 is 21.6 Å². The first-order chi connectivity index (χ1) is 17.9. The van der Waals surface area contributed by atoms with E-state index in [0.717, 1.165) is 12.1 Å². The normalized spacial score (nSPS) is 11.6. The third kappa shape index (κ3) is 9.13. The molecule has 0 spiro atoms. The van der Waals surface area contributed by atoms with Crippen LogP contribution in [0, 0.1) is 0 Å². The summed E-state index contributed by atoms with van der Waals surface area (Å²) in [5.74, 6) is -0.736. The number of benzene rings is 2. The molecule has 0 bridgehead atoms. The minimum atomic E-state index is -5.92. The zero-order valence-corrected chi connectivity index (χ0v) is 22.8. The van der Waals surface area contributed by atoms with Gasteiger partial charge in [0.25, 0.3) is 0 Å². The maximum Gasteiger partial charge on any atom is 0.534 e. The van der Waals surface area contributed by atoms with Crippen molar-refractivity contribution in [2.75, 3.05) is 6.61 Å². The van der Waals surface area contributed by atoms with Gasteiger partial charge in [-0.25, -0.2) is 0 Å². The quantitative estimate of drug-likeness (QED) is 0.100. The molecule has 1 aromatic heterocycles. The van der Waals surface area contributed by atoms with E-state index in [9.17, 15) is 26.4 Å². The first kappa shape index (κ1) is 31.3. The third-order valence-electron chi connectivity index (χ3n) is 5.08. The predicted octanol–water partition coefficient (Wildman–Crippen LogP) is 7.59. The van der Waals surface area contributed by atoms with Gasteiger partial charge in [-0.15, -0.1) is 0 Å². The summed E-state index contributed by atoms with van der Waals surface area (Å²) >= 11 is 5.77. The Kier molecular flexibility index (Phi) is 11.8. The second kappa shape index (κ2) is 14.3. The maximum absolute atomic E-state index is 12.8. The highest BCUT2D eigenvalue weighted by molar-refractivity contribution is 7.88. The van der Waals surface area contributed by atoms with E-state index < -0.39 is 27.3 Å². The van der Waals surface area contributed by atoms with Gasteiger partial charge in [-0.3, -0.25) is 4.79 Å². The average Bonchev–Trinajstić information content (AvgIpc) is 3.22. The molecule has 210 valence electrons. The van der Waals surface area contributed by atoms with Crippen LogP contribution in [0.5, 0.6) is 11.5 Å². The topological polar surface area (TPSA) is 92.0 Å². The lowest BCUT2D eigenvalue weighted by Crippen LogP contribution is -2.28. The number of fused-ring (bicyclic) bond motifs is 1. The SMILES string of the molecule is CCCCCC.CCOC(=O)Cc1ccccc1OCc1cc(OS(=O)(=O)C(F)(F)F)c2cc(Cl)oc2c1. The van der Waals surface area contributed by atoms with E-state index in [1.807, 2.05) is 0 Å². The first-order valence-corrected chi connectivity index (χ1v) is 13.8. The Morgan fingerprint density at radius 1 is 1.00 bits per heavy atom. The molecular weight excluding hydrogens is 549 g/mol. The Morgan fingerprint density at radius 2 is 1.66 bits per heavy atom. The molecule has 2 aromatic carbocycles. The molecule has 0 fully saturated rings. The predicted molar refractivity (Wildman–Crippen MR) is 138 cm³/mol. The first-order valence-electron chi connectivity index (χ1n) is 12.0. The van der Waals surface area contributed by atoms with Crippen molar-refractivity contribution in [1.29, 1.82) is 0 Å². The zero-order valence-electron chi connectivity index (χ0n) is 21.3. The highest BCUT2D eigenvalue weighted by Crippen LogP contribution is 2.36. The smallest absolute Gasteiger partial charge is 0.489 e. The van der Waals surface area contributed by atoms with Gasteiger partial charge < -0.3 is 18.1 Å². The number of halogens is 4. The Balaban J connectivity index is 0.000000757. The Labute approximate surface area is 224 Å². The molecule has 0 aliphatic heterocycles. The molecule has 0 atom stereocenters. The molecule has 0 radical (unpaired) electrons. The number of rotatable bonds is 11. The van der Waals surface area contributed by atoms with E-state index in [-0.39, 0.29) is 41.4 Å². The van der Waals surface area contributed by atoms with E-state index in [1.165, 1.54) is 31.7 Å². The van der Waals surface area contributed by atoms with Crippen LogP contribution in [0.1, 0.15) is 57.6 Å². The van der Waals surface area contributed by atoms with Crippen molar-refractivity contribution in [3.8, 4) is 11.5 Å². The maximum atomic E-state index is 12.8. The number of hydrogen-bond donors (Lipinski definition) is 0. The van der Waals surface area contributed by atoms with Crippen molar-refractivity contribution >= 4 is 38.7 Å². The molecule has 3 aromatic rings. The van der Waals surface area contributed by atoms with Crippen LogP contribution in [0.4, 0.5) is 13.2 Å². The Bertz CT molecular complexity index is 1300. The van der Waals surface area contributed by atoms with Gasteiger partial charge in [-0.05, 0) is 42.3 Å². The molecule has 3 rings (SSSR count). The van der Waals surface area contributed by atoms with Gasteiger partial charge in [0.1, 0.15) is 17.9 Å². The Hall–Kier alpha value is -2.92. The van der Waals surface area contributed by atoms with E-state index in [0.29, 0.717) is 11.3 Å². The molecule has 0 aliphatic carbocycles. The van der Waals surface area contributed by atoms with Crippen molar-refractivity contribution in [3.05, 3.63) is 58.8 Å². The lowest BCUT2D eigenvalue weighted by molar-refractivity contribution is -0.142. The fourth-order valence-corrected chi connectivity index (χ4v) is 3.93. The van der Waals surface area contributed by atoms with Crippen molar-refractivity contribution in [2.45, 2.75) is 65.0 Å². The summed E-state index contributed by atoms with van der Waals surface area (Å²) in [6, 6.07) is 10.3. The molecular formula is C26H30ClF3O7S. The van der Waals surface area contributed by atoms with Crippen LogP contribution in [0.15, 0.2) is 46.9 Å². The van der Waals surface area contributed by atoms with Gasteiger partial charge in [0.05, 0.1) is 18.4 Å². The highest BCUT2D eigenvalue weighted by Gasteiger charge is 2.48. The lowest BCUT2D eigenvalue weighted by atomic mass is 10.1. The summed E-state index contributed by atoms with van der Waals surface area (Å²) in [4.78, 5) is 11.8. The van der Waals surface area contributed by atoms with Crippen LogP contribution in [0.2, 0.25) is 5.22 Å². The van der Waals surface area contributed by atoms with Crippen LogP contribution in [-0.4, -0.2) is 26.5 Å². The largest absolute Gasteiger partial charge is 0.534 e. The van der Waals surface area contributed by atoms with Crippen molar-refractivity contribution in [1.82, 2.24) is 0 Å². The van der Waals surface area contributed by atoms with Crippen molar-refractivity contribution < 1.29 is 44.5 Å². The van der Waals surface area contributed by atoms with E-state index in [2.05, 4.69) is 18.0 Å². The Morgan fingerprint density at radius 3 is 2.26 bits per heavy atom. The lowest BCUT2D eigenvalue weighted by Gasteiger charge is -2.13. The monoisotopic (exact) mass is 578 g/mol. The van der Waals surface area contributed by atoms with Gasteiger partial charge in [-0.1, -0.05) is 57.7 Å². The molecule has 0 N–H and O–H groups in total. The van der Waals surface area contributed by atoms with E-state index >= 15 is 0 Å². The number of ether oxygens (including phenoxy) is 2. The molecule has 12 heteroatoms. The summed E-state index contributed by atoms with van der Waals surface area (Å²) < 4.78 is 81.4. The summed E-state index contributed by atoms with van der Waals surface area (Å²) in [5, 5.41) is -0.235. The number of unbranched alkanes of at least 4 members (excludes halogenated alkanes) is 3. The number of hydrogen-bond acceptors (Lipinski definition) is 7. The number of alkyl halides is 3. The van der Waals surface area contributed by atoms with Gasteiger partial charge in [0, 0.05) is 11.6 Å². The average molecular weight is 579 g/mol. The molecule has 0 saturated carbocycles. The van der Waals surface area contributed by atoms with Crippen LogP contribution < -0.4 is 8.92 Å². The summed E-state index contributed by atoms with van der Waals surface area (Å²) in [6.45, 7) is 6.16. The summed E-state index contributed by atoms with van der Waals surface area (Å²) in [6.07, 6.45) is 5.49. The highest BCUT2D eigenvalue weighted by atomic mass is 35.5. The second-order valence-corrected chi connectivity index (χ2v) is 10.0. The molecule has 0 unspecified atom stereocenters. The van der Waals surface area contributed by atoms with Crippen LogP contribution in [0.25, 0.3) is 11.0 Å². The van der Waals surface area contributed by atoms with Gasteiger partial charge in [-0.2, -0.15) is 21.6 Å². The molecule has 0 aliphatic rings. The summed E-state index contributed by atoms with van der Waals surface area (Å²) in [5.41, 5.74) is -4.85. The minimum Gasteiger partial charge on any atom is -0.489 e. The summed E-state index contributed by atoms with van der Waals surface area (Å²) in [7, 11) is -5.92. The van der Waals surface area contributed by atoms with Crippen molar-refractivity contribution in [3.63, 3.8) is 0 Å². The fraction of sp³-hybridized carbons (Fsp3) is 0.423. The fourth-order valence-electron chi connectivity index (χ4n) is 3.27. The van der Waals surface area contributed by atoms with Crippen LogP contribution >= 0.6 is 11.6 Å². The van der Waals surface area contributed by atoms with Crippen LogP contribution in [-0.2, 0) is 32.7 Å². The third-order valence-corrected chi connectivity index (χ3v) is 6.23. The molecule has 0 amide bonds. The number of para-hydroxylation sites is 1. The van der Waals surface area contributed by atoms with E-state index in [4.69, 9.17) is 25.5 Å². The molecule has 1 heterocycles. The standard InChI is InChI=1S/C20H16ClF3O7S.C6H14/c1-2-28-19(25)9-13-5-3-4-6-15(13)29-11-12-7-16-14(10-18(21)30-16)17(8-12)31-32(26,27)20(22,23)24;1-3-5-6-4-2/h3-8,10H,2,9,11H2,1H3;3-6H2,1-2H3. The van der Waals surface area contributed by atoms with Crippen LogP contribution in [0.3, 0.4) is 0 Å². The number of furan rings is 1. The van der Waals surface area contributed by atoms with Gasteiger partial charge in [0.15, 0.2) is 11.0 Å². The number of carbonyl (C=O) groups is 1. The molecule has 38 heavy (non-hydrogen) atoms. The molecule has 7 nitrogen and oxygen atoms in total. The zero-order chi connectivity index (χ0) is 28.3. The minimum absolute atomic E-state index is 0.00304. The molecule has 0 saturated heterocycles. The van der Waals surface area contributed by atoms with Gasteiger partial charge in [0.2, 0.25) is 0 Å². The second-order valence-electron chi connectivity index (χ2n) is 8.12. The number of carbonyl (C=O) groups excluding carboxylic acids is 1. The number of esters is 1. The van der Waals surface area contributed by atoms with E-state index in [1.54, 1.807) is 31.2 Å². The van der Waals surface area contributed by atoms with Crippen molar-refractivity contribution in [2.24, 2.45) is 0 Å².